The zero-order valence-corrected chi connectivity index (χ0v) is 8.15. The second kappa shape index (κ2) is 4.22. The molecule has 1 aromatic rings. The number of rotatable bonds is 2. The number of anilines is 1. The standard InChI is InChI=1S/C11H14N2O/c14-9-10-6-11(8-12-7-10)13-4-2-1-3-5-13/h6-9H,1-5H2. The minimum Gasteiger partial charge on any atom is -0.370 e. The van der Waals surface area contributed by atoms with E-state index in [0.29, 0.717) is 5.56 Å². The van der Waals surface area contributed by atoms with Crippen molar-refractivity contribution in [2.75, 3.05) is 18.0 Å². The van der Waals surface area contributed by atoms with E-state index in [4.69, 9.17) is 0 Å². The summed E-state index contributed by atoms with van der Waals surface area (Å²) >= 11 is 0. The van der Waals surface area contributed by atoms with Crippen LogP contribution in [0.5, 0.6) is 0 Å². The average molecular weight is 190 g/mol. The molecule has 0 unspecified atom stereocenters. The van der Waals surface area contributed by atoms with E-state index in [1.54, 1.807) is 6.20 Å². The predicted octanol–water partition coefficient (Wildman–Crippen LogP) is 1.88. The molecule has 0 amide bonds. The Bertz CT molecular complexity index is 319. The van der Waals surface area contributed by atoms with Gasteiger partial charge < -0.3 is 4.90 Å². The van der Waals surface area contributed by atoms with Crippen molar-refractivity contribution in [3.8, 4) is 0 Å². The molecule has 0 spiro atoms. The highest BCUT2D eigenvalue weighted by Gasteiger charge is 2.10. The number of pyridine rings is 1. The van der Waals surface area contributed by atoms with Gasteiger partial charge in [0.25, 0.3) is 0 Å². The molecule has 0 saturated carbocycles. The summed E-state index contributed by atoms with van der Waals surface area (Å²) in [5.74, 6) is 0. The van der Waals surface area contributed by atoms with Gasteiger partial charge >= 0.3 is 0 Å². The fourth-order valence-corrected chi connectivity index (χ4v) is 1.83. The molecule has 0 aromatic carbocycles. The van der Waals surface area contributed by atoms with E-state index in [1.165, 1.54) is 19.3 Å². The second-order valence-electron chi connectivity index (χ2n) is 3.64. The Balaban J connectivity index is 2.17. The first-order valence-corrected chi connectivity index (χ1v) is 5.05. The highest BCUT2D eigenvalue weighted by Crippen LogP contribution is 2.18. The second-order valence-corrected chi connectivity index (χ2v) is 3.64. The summed E-state index contributed by atoms with van der Waals surface area (Å²) in [4.78, 5) is 16.9. The zero-order chi connectivity index (χ0) is 9.80. The molecule has 3 heteroatoms. The maximum atomic E-state index is 10.6. The molecule has 2 rings (SSSR count). The van der Waals surface area contributed by atoms with Crippen molar-refractivity contribution in [1.82, 2.24) is 4.98 Å². The number of piperidine rings is 1. The molecule has 74 valence electrons. The Kier molecular flexibility index (Phi) is 2.77. The van der Waals surface area contributed by atoms with E-state index in [-0.39, 0.29) is 0 Å². The minimum atomic E-state index is 0.660. The van der Waals surface area contributed by atoms with E-state index in [0.717, 1.165) is 25.1 Å². The van der Waals surface area contributed by atoms with Gasteiger partial charge in [0.1, 0.15) is 0 Å². The largest absolute Gasteiger partial charge is 0.370 e. The zero-order valence-electron chi connectivity index (χ0n) is 8.15. The van der Waals surface area contributed by atoms with Gasteiger partial charge in [0.05, 0.1) is 11.9 Å². The first-order chi connectivity index (χ1) is 6.90. The van der Waals surface area contributed by atoms with Gasteiger partial charge in [-0.15, -0.1) is 0 Å². The molecule has 1 aliphatic rings. The molecule has 0 N–H and O–H groups in total. The van der Waals surface area contributed by atoms with Crippen LogP contribution in [0.25, 0.3) is 0 Å². The SMILES string of the molecule is O=Cc1cncc(N2CCCCC2)c1. The van der Waals surface area contributed by atoms with Crippen LogP contribution in [0.2, 0.25) is 0 Å². The summed E-state index contributed by atoms with van der Waals surface area (Å²) < 4.78 is 0. The van der Waals surface area contributed by atoms with Crippen LogP contribution in [0.1, 0.15) is 29.6 Å². The molecule has 1 aliphatic heterocycles. The van der Waals surface area contributed by atoms with Crippen molar-refractivity contribution in [2.45, 2.75) is 19.3 Å². The monoisotopic (exact) mass is 190 g/mol. The predicted molar refractivity (Wildman–Crippen MR) is 55.7 cm³/mol. The minimum absolute atomic E-state index is 0.660. The fourth-order valence-electron chi connectivity index (χ4n) is 1.83. The van der Waals surface area contributed by atoms with Crippen molar-refractivity contribution in [3.63, 3.8) is 0 Å². The van der Waals surface area contributed by atoms with Crippen molar-refractivity contribution in [2.24, 2.45) is 0 Å². The Hall–Kier alpha value is -1.38. The molecule has 1 fully saturated rings. The van der Waals surface area contributed by atoms with Crippen LogP contribution in [0, 0.1) is 0 Å². The van der Waals surface area contributed by atoms with Crippen molar-refractivity contribution in [1.29, 1.82) is 0 Å². The maximum Gasteiger partial charge on any atom is 0.151 e. The molecular weight excluding hydrogens is 176 g/mol. The number of hydrogen-bond donors (Lipinski definition) is 0. The Morgan fingerprint density at radius 2 is 2.00 bits per heavy atom. The molecule has 1 aromatic heterocycles. The van der Waals surface area contributed by atoms with Crippen LogP contribution in [0.4, 0.5) is 5.69 Å². The van der Waals surface area contributed by atoms with Crippen LogP contribution in [0.15, 0.2) is 18.5 Å². The van der Waals surface area contributed by atoms with Crippen LogP contribution >= 0.6 is 0 Å². The molecule has 0 aliphatic carbocycles. The number of carbonyl (C=O) groups excluding carboxylic acids is 1. The Morgan fingerprint density at radius 3 is 2.71 bits per heavy atom. The van der Waals surface area contributed by atoms with Crippen LogP contribution in [0.3, 0.4) is 0 Å². The van der Waals surface area contributed by atoms with E-state index in [9.17, 15) is 4.79 Å². The average Bonchev–Trinajstić information content (AvgIpc) is 2.30. The van der Waals surface area contributed by atoms with Crippen LogP contribution in [-0.4, -0.2) is 24.4 Å². The normalized spacial score (nSPS) is 16.7. The lowest BCUT2D eigenvalue weighted by Gasteiger charge is -2.28. The number of aromatic nitrogens is 1. The third-order valence-corrected chi connectivity index (χ3v) is 2.60. The lowest BCUT2D eigenvalue weighted by molar-refractivity contribution is 0.112. The van der Waals surface area contributed by atoms with Crippen molar-refractivity contribution >= 4 is 12.0 Å². The molecule has 1 saturated heterocycles. The lowest BCUT2D eigenvalue weighted by Crippen LogP contribution is -2.29. The maximum absolute atomic E-state index is 10.6. The first kappa shape index (κ1) is 9.19. The molecule has 3 nitrogen and oxygen atoms in total. The number of aldehydes is 1. The molecule has 2 heterocycles. The number of carbonyl (C=O) groups is 1. The lowest BCUT2D eigenvalue weighted by atomic mass is 10.1. The van der Waals surface area contributed by atoms with E-state index in [2.05, 4.69) is 9.88 Å². The van der Waals surface area contributed by atoms with Gasteiger partial charge in [0, 0.05) is 24.8 Å². The fraction of sp³-hybridized carbons (Fsp3) is 0.455. The van der Waals surface area contributed by atoms with Gasteiger partial charge in [-0.1, -0.05) is 0 Å². The summed E-state index contributed by atoms with van der Waals surface area (Å²) in [5.41, 5.74) is 1.74. The summed E-state index contributed by atoms with van der Waals surface area (Å²) in [5, 5.41) is 0. The highest BCUT2D eigenvalue weighted by atomic mass is 16.1. The number of nitrogens with zero attached hydrogens (tertiary/aromatic N) is 2. The third-order valence-electron chi connectivity index (χ3n) is 2.60. The van der Waals surface area contributed by atoms with Gasteiger partial charge in [-0.3, -0.25) is 9.78 Å². The van der Waals surface area contributed by atoms with E-state index >= 15 is 0 Å². The quantitative estimate of drug-likeness (QED) is 0.668. The highest BCUT2D eigenvalue weighted by molar-refractivity contribution is 5.76. The Labute approximate surface area is 83.8 Å². The summed E-state index contributed by atoms with van der Waals surface area (Å²) in [6.07, 6.45) is 8.08. The van der Waals surface area contributed by atoms with Gasteiger partial charge in [0.2, 0.25) is 0 Å². The Morgan fingerprint density at radius 1 is 1.21 bits per heavy atom. The molecule has 0 radical (unpaired) electrons. The van der Waals surface area contributed by atoms with Crippen LogP contribution < -0.4 is 4.90 Å². The molecule has 0 atom stereocenters. The van der Waals surface area contributed by atoms with Gasteiger partial charge in [-0.2, -0.15) is 0 Å². The van der Waals surface area contributed by atoms with Crippen molar-refractivity contribution < 1.29 is 4.79 Å². The van der Waals surface area contributed by atoms with Gasteiger partial charge in [-0.05, 0) is 25.3 Å². The van der Waals surface area contributed by atoms with E-state index in [1.807, 2.05) is 12.3 Å². The topological polar surface area (TPSA) is 33.2 Å². The number of hydrogen-bond acceptors (Lipinski definition) is 3. The molecular formula is C11H14N2O. The summed E-state index contributed by atoms with van der Waals surface area (Å²) in [6, 6.07) is 1.91. The smallest absolute Gasteiger partial charge is 0.151 e. The summed E-state index contributed by atoms with van der Waals surface area (Å²) in [6.45, 7) is 2.17. The first-order valence-electron chi connectivity index (χ1n) is 5.05. The van der Waals surface area contributed by atoms with Gasteiger partial charge in [-0.25, -0.2) is 0 Å². The van der Waals surface area contributed by atoms with Crippen LogP contribution in [-0.2, 0) is 0 Å². The molecule has 0 bridgehead atoms. The van der Waals surface area contributed by atoms with Crippen molar-refractivity contribution in [3.05, 3.63) is 24.0 Å². The third kappa shape index (κ3) is 1.92. The van der Waals surface area contributed by atoms with Gasteiger partial charge in [0.15, 0.2) is 6.29 Å². The summed E-state index contributed by atoms with van der Waals surface area (Å²) in [7, 11) is 0. The molecule has 14 heavy (non-hydrogen) atoms. The van der Waals surface area contributed by atoms with E-state index < -0.39 is 0 Å².